The van der Waals surface area contributed by atoms with E-state index in [0.717, 1.165) is 29.5 Å². The topological polar surface area (TPSA) is 68.2 Å². The molecule has 9 heteroatoms. The van der Waals surface area contributed by atoms with E-state index < -0.39 is 27.5 Å². The lowest BCUT2D eigenvalue weighted by Crippen LogP contribution is -2.13. The van der Waals surface area contributed by atoms with Crippen LogP contribution < -0.4 is 5.32 Å². The molecule has 0 aliphatic rings. The minimum Gasteiger partial charge on any atom is -0.322 e. The van der Waals surface area contributed by atoms with Crippen LogP contribution in [0.15, 0.2) is 77.7 Å². The van der Waals surface area contributed by atoms with Gasteiger partial charge in [0, 0.05) is 23.3 Å². The van der Waals surface area contributed by atoms with Crippen molar-refractivity contribution in [2.75, 3.05) is 11.6 Å². The van der Waals surface area contributed by atoms with Gasteiger partial charge < -0.3 is 9.88 Å². The maximum absolute atomic E-state index is 13.5. The Bertz CT molecular complexity index is 1580. The lowest BCUT2D eigenvalue weighted by atomic mass is 10.1. The van der Waals surface area contributed by atoms with E-state index in [2.05, 4.69) is 5.32 Å². The molecule has 1 amide bonds. The zero-order valence-electron chi connectivity index (χ0n) is 20.6. The first kappa shape index (κ1) is 26.2. The van der Waals surface area contributed by atoms with E-state index in [1.807, 2.05) is 32.0 Å². The molecular formula is C28H25F3N2O3S. The Morgan fingerprint density at radius 1 is 0.865 bits per heavy atom. The summed E-state index contributed by atoms with van der Waals surface area (Å²) in [6.07, 6.45) is -3.45. The lowest BCUT2D eigenvalue weighted by molar-refractivity contribution is -0.137. The molecular weight excluding hydrogens is 501 g/mol. The van der Waals surface area contributed by atoms with E-state index in [0.29, 0.717) is 22.6 Å². The Kier molecular flexibility index (Phi) is 6.77. The van der Waals surface area contributed by atoms with Gasteiger partial charge in [-0.3, -0.25) is 4.79 Å². The minimum atomic E-state index is -4.54. The van der Waals surface area contributed by atoms with Crippen molar-refractivity contribution in [3.05, 3.63) is 101 Å². The second kappa shape index (κ2) is 9.55. The van der Waals surface area contributed by atoms with Crippen LogP contribution in [0.2, 0.25) is 0 Å². The predicted molar refractivity (Wildman–Crippen MR) is 138 cm³/mol. The molecule has 37 heavy (non-hydrogen) atoms. The van der Waals surface area contributed by atoms with Gasteiger partial charge in [-0.1, -0.05) is 24.3 Å². The number of rotatable bonds is 5. The summed E-state index contributed by atoms with van der Waals surface area (Å²) in [7, 11) is -3.44. The molecule has 1 heterocycles. The Balaban J connectivity index is 1.87. The molecule has 1 N–H and O–H groups in total. The number of hydrogen-bond donors (Lipinski definition) is 1. The summed E-state index contributed by atoms with van der Waals surface area (Å²) in [4.78, 5) is 13.4. The van der Waals surface area contributed by atoms with Gasteiger partial charge in [-0.2, -0.15) is 13.2 Å². The number of amides is 1. The maximum atomic E-state index is 13.5. The second-order valence-corrected chi connectivity index (χ2v) is 11.1. The molecule has 4 aromatic rings. The van der Waals surface area contributed by atoms with E-state index in [1.54, 1.807) is 29.7 Å². The molecule has 0 saturated heterocycles. The first-order valence-corrected chi connectivity index (χ1v) is 13.2. The summed E-state index contributed by atoms with van der Waals surface area (Å²) < 4.78 is 65.8. The molecule has 0 radical (unpaired) electrons. The first-order chi connectivity index (χ1) is 17.2. The number of sulfone groups is 1. The normalized spacial score (nSPS) is 12.0. The van der Waals surface area contributed by atoms with Crippen molar-refractivity contribution in [1.82, 2.24) is 4.57 Å². The number of alkyl halides is 3. The van der Waals surface area contributed by atoms with Gasteiger partial charge in [0.05, 0.1) is 21.7 Å². The average molecular weight is 527 g/mol. The number of nitrogens with one attached hydrogen (secondary N) is 1. The fourth-order valence-electron chi connectivity index (χ4n) is 4.32. The van der Waals surface area contributed by atoms with Crippen molar-refractivity contribution in [1.29, 1.82) is 0 Å². The van der Waals surface area contributed by atoms with Gasteiger partial charge in [-0.15, -0.1) is 0 Å². The van der Waals surface area contributed by atoms with E-state index in [4.69, 9.17) is 0 Å². The monoisotopic (exact) mass is 526 g/mol. The third kappa shape index (κ3) is 5.61. The number of hydrogen-bond acceptors (Lipinski definition) is 3. The molecule has 0 spiro atoms. The summed E-state index contributed by atoms with van der Waals surface area (Å²) >= 11 is 0. The second-order valence-electron chi connectivity index (χ2n) is 9.04. The van der Waals surface area contributed by atoms with Gasteiger partial charge >= 0.3 is 6.18 Å². The van der Waals surface area contributed by atoms with Crippen LogP contribution in [-0.2, 0) is 16.0 Å². The molecule has 1 aromatic heterocycles. The van der Waals surface area contributed by atoms with Crippen molar-refractivity contribution < 1.29 is 26.4 Å². The van der Waals surface area contributed by atoms with Crippen molar-refractivity contribution >= 4 is 21.4 Å². The van der Waals surface area contributed by atoms with E-state index in [-0.39, 0.29) is 16.1 Å². The largest absolute Gasteiger partial charge is 0.416 e. The molecule has 0 aliphatic heterocycles. The third-order valence-electron chi connectivity index (χ3n) is 5.98. The number of halogens is 3. The van der Waals surface area contributed by atoms with Crippen molar-refractivity contribution in [3.63, 3.8) is 0 Å². The summed E-state index contributed by atoms with van der Waals surface area (Å²) in [5.74, 6) is -0.415. The van der Waals surface area contributed by atoms with Gasteiger partial charge in [-0.25, -0.2) is 8.42 Å². The number of aryl methyl sites for hydroxylation is 2. The Morgan fingerprint density at radius 3 is 2.05 bits per heavy atom. The van der Waals surface area contributed by atoms with Gasteiger partial charge in [-0.05, 0) is 86.0 Å². The molecule has 3 aromatic carbocycles. The van der Waals surface area contributed by atoms with Crippen LogP contribution in [0.25, 0.3) is 16.9 Å². The van der Waals surface area contributed by atoms with Gasteiger partial charge in [0.15, 0.2) is 9.84 Å². The zero-order valence-corrected chi connectivity index (χ0v) is 21.5. The highest BCUT2D eigenvalue weighted by Gasteiger charge is 2.31. The van der Waals surface area contributed by atoms with Crippen molar-refractivity contribution in [2.24, 2.45) is 0 Å². The standard InChI is InChI=1S/C28H25F3N2O3S/c1-17-12-18(2)14-22(13-17)32-27(34)25-16-26(20-8-10-24(11-9-20)37(4,35)36)33(19(25)3)23-7-5-6-21(15-23)28(29,30)31/h5-16H,1-4H3,(H,32,34). The highest BCUT2D eigenvalue weighted by molar-refractivity contribution is 7.90. The highest BCUT2D eigenvalue weighted by Crippen LogP contribution is 2.34. The highest BCUT2D eigenvalue weighted by atomic mass is 32.2. The van der Waals surface area contributed by atoms with Crippen LogP contribution in [0, 0.1) is 20.8 Å². The van der Waals surface area contributed by atoms with Crippen LogP contribution in [0.5, 0.6) is 0 Å². The zero-order chi connectivity index (χ0) is 27.1. The van der Waals surface area contributed by atoms with Crippen LogP contribution >= 0.6 is 0 Å². The number of carbonyl (C=O) groups is 1. The molecule has 4 rings (SSSR count). The fraction of sp³-hybridized carbons (Fsp3) is 0.179. The fourth-order valence-corrected chi connectivity index (χ4v) is 4.95. The minimum absolute atomic E-state index is 0.109. The smallest absolute Gasteiger partial charge is 0.322 e. The summed E-state index contributed by atoms with van der Waals surface area (Å²) in [6, 6.07) is 18.1. The van der Waals surface area contributed by atoms with Crippen LogP contribution in [0.3, 0.4) is 0 Å². The average Bonchev–Trinajstić information content (AvgIpc) is 3.14. The van der Waals surface area contributed by atoms with Crippen molar-refractivity contribution in [3.8, 4) is 16.9 Å². The summed E-state index contributed by atoms with van der Waals surface area (Å²) in [6.45, 7) is 5.48. The third-order valence-corrected chi connectivity index (χ3v) is 7.11. The lowest BCUT2D eigenvalue weighted by Gasteiger charge is -2.15. The predicted octanol–water partition coefficient (Wildman–Crippen LogP) is 6.74. The van der Waals surface area contributed by atoms with Crippen LogP contribution in [-0.4, -0.2) is 25.1 Å². The number of anilines is 1. The number of benzene rings is 3. The molecule has 192 valence electrons. The Labute approximate surface area is 213 Å². The van der Waals surface area contributed by atoms with Crippen LogP contribution in [0.4, 0.5) is 18.9 Å². The molecule has 0 fully saturated rings. The number of nitrogens with zero attached hydrogens (tertiary/aromatic N) is 1. The van der Waals surface area contributed by atoms with Gasteiger partial charge in [0.2, 0.25) is 0 Å². The van der Waals surface area contributed by atoms with Crippen molar-refractivity contribution in [2.45, 2.75) is 31.8 Å². The van der Waals surface area contributed by atoms with E-state index >= 15 is 0 Å². The SMILES string of the molecule is Cc1cc(C)cc(NC(=O)c2cc(-c3ccc(S(C)(=O)=O)cc3)n(-c3cccc(C(F)(F)F)c3)c2C)c1. The molecule has 0 bridgehead atoms. The first-order valence-electron chi connectivity index (χ1n) is 11.3. The quantitative estimate of drug-likeness (QED) is 0.313. The summed E-state index contributed by atoms with van der Waals surface area (Å²) in [5, 5.41) is 2.88. The Morgan fingerprint density at radius 2 is 1.49 bits per heavy atom. The molecule has 0 saturated carbocycles. The molecule has 0 unspecified atom stereocenters. The van der Waals surface area contributed by atoms with E-state index in [9.17, 15) is 26.4 Å². The van der Waals surface area contributed by atoms with Crippen LogP contribution in [0.1, 0.15) is 32.7 Å². The van der Waals surface area contributed by atoms with Gasteiger partial charge in [0.1, 0.15) is 0 Å². The number of aromatic nitrogens is 1. The molecule has 0 aliphatic carbocycles. The molecule has 0 atom stereocenters. The summed E-state index contributed by atoms with van der Waals surface area (Å²) in [5.41, 5.74) is 3.65. The van der Waals surface area contributed by atoms with E-state index in [1.165, 1.54) is 24.3 Å². The maximum Gasteiger partial charge on any atom is 0.416 e. The number of carbonyl (C=O) groups excluding carboxylic acids is 1. The van der Waals surface area contributed by atoms with Gasteiger partial charge in [0.25, 0.3) is 5.91 Å². The Hall–Kier alpha value is -3.85. The molecule has 5 nitrogen and oxygen atoms in total.